The molecule has 2 aliphatic heterocycles. The average Bonchev–Trinajstić information content (AvgIpc) is 2.73. The Kier molecular flexibility index (Phi) is 6.20. The van der Waals surface area contributed by atoms with Gasteiger partial charge in [-0.15, -0.1) is 0 Å². The summed E-state index contributed by atoms with van der Waals surface area (Å²) in [6.45, 7) is 1.27. The van der Waals surface area contributed by atoms with Crippen LogP contribution in [0.25, 0.3) is 0 Å². The van der Waals surface area contributed by atoms with Gasteiger partial charge in [-0.1, -0.05) is 30.3 Å². The number of carbonyl (C=O) groups is 1. The predicted molar refractivity (Wildman–Crippen MR) is 108 cm³/mol. The number of benzene rings is 2. The molecule has 1 amide bonds. The lowest BCUT2D eigenvalue weighted by molar-refractivity contribution is -0.137. The highest BCUT2D eigenvalue weighted by Crippen LogP contribution is 2.37. The molecule has 2 aromatic rings. The first-order valence-corrected chi connectivity index (χ1v) is 10.2. The molecule has 4 rings (SSSR count). The van der Waals surface area contributed by atoms with Gasteiger partial charge >= 0.3 is 6.09 Å². The predicted octanol–water partition coefficient (Wildman–Crippen LogP) is 3.53. The lowest BCUT2D eigenvalue weighted by atomic mass is 9.79. The molecule has 0 saturated carbocycles. The van der Waals surface area contributed by atoms with Crippen LogP contribution in [0, 0.1) is 5.82 Å². The van der Waals surface area contributed by atoms with Crippen LogP contribution in [0.2, 0.25) is 0 Å². The molecular formula is C23H26FNO5. The van der Waals surface area contributed by atoms with E-state index in [-0.39, 0.29) is 30.6 Å². The highest BCUT2D eigenvalue weighted by Gasteiger charge is 2.48. The molecule has 2 unspecified atom stereocenters. The van der Waals surface area contributed by atoms with E-state index in [1.165, 1.54) is 12.1 Å². The van der Waals surface area contributed by atoms with Crippen LogP contribution in [0.1, 0.15) is 24.8 Å². The van der Waals surface area contributed by atoms with Gasteiger partial charge in [-0.2, -0.15) is 0 Å². The molecule has 0 aromatic heterocycles. The van der Waals surface area contributed by atoms with Crippen molar-refractivity contribution >= 4 is 6.09 Å². The first-order chi connectivity index (χ1) is 14.5. The van der Waals surface area contributed by atoms with E-state index in [1.54, 1.807) is 17.0 Å². The number of carbonyl (C=O) groups excluding carboxylic acids is 1. The lowest BCUT2D eigenvalue weighted by Gasteiger charge is -2.50. The second-order valence-electron chi connectivity index (χ2n) is 7.98. The maximum absolute atomic E-state index is 13.0. The van der Waals surface area contributed by atoms with Gasteiger partial charge in [-0.3, -0.25) is 4.90 Å². The lowest BCUT2D eigenvalue weighted by Crippen LogP contribution is -2.63. The molecule has 2 saturated heterocycles. The van der Waals surface area contributed by atoms with E-state index in [1.807, 2.05) is 30.3 Å². The van der Waals surface area contributed by atoms with Crippen molar-refractivity contribution in [3.05, 3.63) is 66.0 Å². The van der Waals surface area contributed by atoms with Crippen LogP contribution in [0.4, 0.5) is 9.18 Å². The Morgan fingerprint density at radius 2 is 1.77 bits per heavy atom. The van der Waals surface area contributed by atoms with Gasteiger partial charge in [0, 0.05) is 6.42 Å². The molecule has 2 aromatic carbocycles. The van der Waals surface area contributed by atoms with Crippen LogP contribution in [-0.2, 0) is 16.1 Å². The summed E-state index contributed by atoms with van der Waals surface area (Å²) in [7, 11) is 0. The van der Waals surface area contributed by atoms with Gasteiger partial charge in [0.15, 0.2) is 0 Å². The molecule has 2 aliphatic rings. The largest absolute Gasteiger partial charge is 0.493 e. The molecular weight excluding hydrogens is 389 g/mol. The molecule has 2 heterocycles. The Morgan fingerprint density at radius 1 is 1.10 bits per heavy atom. The minimum absolute atomic E-state index is 0.215. The molecule has 30 heavy (non-hydrogen) atoms. The molecule has 1 N–H and O–H groups in total. The van der Waals surface area contributed by atoms with E-state index in [0.717, 1.165) is 5.56 Å². The second-order valence-corrected chi connectivity index (χ2v) is 7.98. The maximum Gasteiger partial charge on any atom is 0.410 e. The number of hydrogen-bond acceptors (Lipinski definition) is 5. The van der Waals surface area contributed by atoms with Crippen molar-refractivity contribution in [3.63, 3.8) is 0 Å². The number of aliphatic hydroxyl groups is 1. The molecule has 2 fully saturated rings. The fraction of sp³-hybridized carbons (Fsp3) is 0.435. The number of halogens is 1. The quantitative estimate of drug-likeness (QED) is 0.782. The molecule has 7 heteroatoms. The maximum atomic E-state index is 13.0. The minimum Gasteiger partial charge on any atom is -0.493 e. The van der Waals surface area contributed by atoms with Gasteiger partial charge in [0.2, 0.25) is 0 Å². The topological polar surface area (TPSA) is 68.2 Å². The van der Waals surface area contributed by atoms with Crippen LogP contribution in [0.5, 0.6) is 5.75 Å². The SMILES string of the molecule is O=C(OCc1ccccc1)N1C2COCC1CC(O)(CCOc1ccc(F)cc1)C2. The molecule has 0 aliphatic carbocycles. The Hall–Kier alpha value is -2.64. The Bertz CT molecular complexity index is 830. The third-order valence-electron chi connectivity index (χ3n) is 5.70. The average molecular weight is 415 g/mol. The third-order valence-corrected chi connectivity index (χ3v) is 5.70. The number of amides is 1. The van der Waals surface area contributed by atoms with Crippen LogP contribution < -0.4 is 4.74 Å². The molecule has 160 valence electrons. The molecule has 2 bridgehead atoms. The van der Waals surface area contributed by atoms with E-state index in [4.69, 9.17) is 14.2 Å². The minimum atomic E-state index is -0.949. The fourth-order valence-corrected chi connectivity index (χ4v) is 4.26. The Morgan fingerprint density at radius 3 is 2.43 bits per heavy atom. The van der Waals surface area contributed by atoms with E-state index in [9.17, 15) is 14.3 Å². The van der Waals surface area contributed by atoms with Crippen LogP contribution in [0.3, 0.4) is 0 Å². The van der Waals surface area contributed by atoms with Crippen molar-refractivity contribution in [2.45, 2.75) is 43.6 Å². The monoisotopic (exact) mass is 415 g/mol. The summed E-state index contributed by atoms with van der Waals surface area (Å²) in [5.41, 5.74) is -0.0197. The van der Waals surface area contributed by atoms with Gasteiger partial charge < -0.3 is 19.3 Å². The summed E-state index contributed by atoms with van der Waals surface area (Å²) in [4.78, 5) is 14.5. The van der Waals surface area contributed by atoms with Crippen molar-refractivity contribution < 1.29 is 28.5 Å². The van der Waals surface area contributed by atoms with E-state index in [2.05, 4.69) is 0 Å². The van der Waals surface area contributed by atoms with Crippen molar-refractivity contribution in [2.24, 2.45) is 0 Å². The van der Waals surface area contributed by atoms with Crippen molar-refractivity contribution in [2.75, 3.05) is 19.8 Å². The number of nitrogens with zero attached hydrogens (tertiary/aromatic N) is 1. The summed E-state index contributed by atoms with van der Waals surface area (Å²) in [6, 6.07) is 14.9. The molecule has 0 spiro atoms. The first kappa shape index (κ1) is 20.6. The van der Waals surface area contributed by atoms with Gasteiger partial charge in [0.1, 0.15) is 18.2 Å². The highest BCUT2D eigenvalue weighted by atomic mass is 19.1. The summed E-state index contributed by atoms with van der Waals surface area (Å²) in [5, 5.41) is 11.1. The zero-order chi connectivity index (χ0) is 21.0. The van der Waals surface area contributed by atoms with Crippen LogP contribution in [0.15, 0.2) is 54.6 Å². The standard InChI is InChI=1S/C23H26FNO5/c24-18-6-8-21(9-7-18)29-11-10-23(27)12-19-15-28-16-20(13-23)25(19)22(26)30-14-17-4-2-1-3-5-17/h1-9,19-20,27H,10-16H2. The zero-order valence-corrected chi connectivity index (χ0v) is 16.7. The Labute approximate surface area is 175 Å². The summed E-state index contributed by atoms with van der Waals surface area (Å²) in [5.74, 6) is 0.241. The third kappa shape index (κ3) is 4.91. The number of morpholine rings is 1. The fourth-order valence-electron chi connectivity index (χ4n) is 4.26. The number of ether oxygens (including phenoxy) is 3. The zero-order valence-electron chi connectivity index (χ0n) is 16.7. The Balaban J connectivity index is 1.32. The van der Waals surface area contributed by atoms with Gasteiger partial charge in [0.05, 0.1) is 37.5 Å². The van der Waals surface area contributed by atoms with E-state index < -0.39 is 5.60 Å². The van der Waals surface area contributed by atoms with E-state index in [0.29, 0.717) is 44.8 Å². The molecule has 0 radical (unpaired) electrons. The molecule has 6 nitrogen and oxygen atoms in total. The van der Waals surface area contributed by atoms with Crippen molar-refractivity contribution in [1.82, 2.24) is 4.90 Å². The van der Waals surface area contributed by atoms with Gasteiger partial charge in [-0.25, -0.2) is 9.18 Å². The van der Waals surface area contributed by atoms with Crippen LogP contribution >= 0.6 is 0 Å². The van der Waals surface area contributed by atoms with Gasteiger partial charge in [0.25, 0.3) is 0 Å². The normalized spacial score (nSPS) is 25.6. The molecule has 2 atom stereocenters. The summed E-state index contributed by atoms with van der Waals surface area (Å²) >= 11 is 0. The second kappa shape index (κ2) is 9.02. The summed E-state index contributed by atoms with van der Waals surface area (Å²) < 4.78 is 29.8. The van der Waals surface area contributed by atoms with Crippen LogP contribution in [-0.4, -0.2) is 53.6 Å². The summed E-state index contributed by atoms with van der Waals surface area (Å²) in [6.07, 6.45) is 0.847. The van der Waals surface area contributed by atoms with Gasteiger partial charge in [-0.05, 0) is 42.7 Å². The van der Waals surface area contributed by atoms with E-state index >= 15 is 0 Å². The number of piperidine rings is 1. The number of rotatable bonds is 6. The highest BCUT2D eigenvalue weighted by molar-refractivity contribution is 5.69. The number of fused-ring (bicyclic) bond motifs is 2. The smallest absolute Gasteiger partial charge is 0.410 e. The number of hydrogen-bond donors (Lipinski definition) is 1. The first-order valence-electron chi connectivity index (χ1n) is 10.2. The van der Waals surface area contributed by atoms with Crippen molar-refractivity contribution in [1.29, 1.82) is 0 Å². The van der Waals surface area contributed by atoms with Crippen molar-refractivity contribution in [3.8, 4) is 5.75 Å².